The number of sulfonamides is 1. The van der Waals surface area contributed by atoms with Gasteiger partial charge in [0.2, 0.25) is 15.9 Å². The molecule has 0 amide bonds. The smallest absolute Gasteiger partial charge is 0.481 e. The molecular formula is C16H23F3N4O6S. The maximum atomic E-state index is 11.6. The zero-order valence-electron chi connectivity index (χ0n) is 16.3. The maximum Gasteiger partial charge on any atom is 0.490 e. The summed E-state index contributed by atoms with van der Waals surface area (Å²) >= 11 is 0. The minimum atomic E-state index is -5.08. The van der Waals surface area contributed by atoms with Crippen LogP contribution < -0.4 is 14.4 Å². The van der Waals surface area contributed by atoms with E-state index in [1.54, 1.807) is 20.1 Å². The van der Waals surface area contributed by atoms with Gasteiger partial charge in [-0.15, -0.1) is 0 Å². The average Bonchev–Trinajstić information content (AvgIpc) is 3.27. The Morgan fingerprint density at radius 1 is 1.40 bits per heavy atom. The fourth-order valence-corrected chi connectivity index (χ4v) is 3.82. The molecule has 2 N–H and O–H groups in total. The highest BCUT2D eigenvalue weighted by Crippen LogP contribution is 2.35. The van der Waals surface area contributed by atoms with Gasteiger partial charge in [-0.2, -0.15) is 13.2 Å². The first kappa shape index (κ1) is 24.1. The fourth-order valence-electron chi connectivity index (χ4n) is 3.15. The number of carboxylic acids is 1. The number of carbonyl (C=O) groups is 1. The normalized spacial score (nSPS) is 23.5. The van der Waals surface area contributed by atoms with E-state index in [1.807, 2.05) is 0 Å². The summed E-state index contributed by atoms with van der Waals surface area (Å²) in [6.45, 7) is 4.21. The largest absolute Gasteiger partial charge is 0.490 e. The van der Waals surface area contributed by atoms with Crippen LogP contribution in [-0.4, -0.2) is 80.8 Å². The lowest BCUT2D eigenvalue weighted by molar-refractivity contribution is -0.192. The number of halogens is 3. The number of carboxylic acid groups (broad SMARTS) is 1. The second kappa shape index (κ2) is 9.75. The molecule has 170 valence electrons. The van der Waals surface area contributed by atoms with Gasteiger partial charge in [0, 0.05) is 37.5 Å². The number of fused-ring (bicyclic) bond motifs is 1. The molecule has 2 fully saturated rings. The third-order valence-corrected chi connectivity index (χ3v) is 6.15. The average molecular weight is 456 g/mol. The number of rotatable bonds is 6. The van der Waals surface area contributed by atoms with Crippen molar-refractivity contribution in [2.24, 2.45) is 11.8 Å². The summed E-state index contributed by atoms with van der Waals surface area (Å²) < 4.78 is 68.6. The number of ether oxygens (including phenoxy) is 2. The van der Waals surface area contributed by atoms with Crippen LogP contribution in [0.1, 0.15) is 6.92 Å². The Labute approximate surface area is 171 Å². The molecule has 10 nitrogen and oxygen atoms in total. The molecular weight excluding hydrogens is 433 g/mol. The Morgan fingerprint density at radius 3 is 2.63 bits per heavy atom. The van der Waals surface area contributed by atoms with Crippen molar-refractivity contribution in [3.63, 3.8) is 0 Å². The number of nitrogens with zero attached hydrogens (tertiary/aromatic N) is 3. The Hall–Kier alpha value is -2.19. The molecule has 30 heavy (non-hydrogen) atoms. The molecule has 0 aromatic carbocycles. The van der Waals surface area contributed by atoms with Gasteiger partial charge in [0.1, 0.15) is 12.1 Å². The van der Waals surface area contributed by atoms with E-state index in [4.69, 9.17) is 19.4 Å². The van der Waals surface area contributed by atoms with E-state index in [1.165, 1.54) is 6.33 Å². The highest BCUT2D eigenvalue weighted by Gasteiger charge is 2.44. The predicted molar refractivity (Wildman–Crippen MR) is 98.7 cm³/mol. The van der Waals surface area contributed by atoms with Crippen molar-refractivity contribution < 1.29 is 41.0 Å². The molecule has 2 aliphatic rings. The van der Waals surface area contributed by atoms with Gasteiger partial charge in [0.05, 0.1) is 25.6 Å². The van der Waals surface area contributed by atoms with Gasteiger partial charge in [-0.05, 0) is 6.92 Å². The summed E-state index contributed by atoms with van der Waals surface area (Å²) in [6.07, 6.45) is -3.48. The first-order valence-electron chi connectivity index (χ1n) is 8.96. The Bertz CT molecular complexity index is 839. The summed E-state index contributed by atoms with van der Waals surface area (Å²) in [5.41, 5.74) is 0. The number of anilines is 1. The van der Waals surface area contributed by atoms with E-state index in [9.17, 15) is 21.6 Å². The molecule has 0 aliphatic carbocycles. The quantitative estimate of drug-likeness (QED) is 0.629. The van der Waals surface area contributed by atoms with E-state index in [0.717, 1.165) is 18.9 Å². The number of aliphatic carboxylic acids is 1. The zero-order chi connectivity index (χ0) is 22.5. The van der Waals surface area contributed by atoms with Crippen LogP contribution in [-0.2, 0) is 19.6 Å². The molecule has 1 aromatic rings. The summed E-state index contributed by atoms with van der Waals surface area (Å²) in [5, 5.41) is 7.12. The molecule has 3 rings (SSSR count). The van der Waals surface area contributed by atoms with E-state index in [0.29, 0.717) is 24.9 Å². The molecule has 2 saturated heterocycles. The predicted octanol–water partition coefficient (Wildman–Crippen LogP) is 0.509. The number of aromatic nitrogens is 2. The fraction of sp³-hybridized carbons (Fsp3) is 0.688. The van der Waals surface area contributed by atoms with Crippen molar-refractivity contribution in [2.45, 2.75) is 19.2 Å². The van der Waals surface area contributed by atoms with Gasteiger partial charge in [0.25, 0.3) is 0 Å². The van der Waals surface area contributed by atoms with Crippen LogP contribution in [0.5, 0.6) is 5.88 Å². The van der Waals surface area contributed by atoms with Gasteiger partial charge in [-0.25, -0.2) is 27.9 Å². The Morgan fingerprint density at radius 2 is 2.07 bits per heavy atom. The van der Waals surface area contributed by atoms with Crippen LogP contribution in [0.25, 0.3) is 0 Å². The molecule has 14 heteroatoms. The molecule has 0 bridgehead atoms. The van der Waals surface area contributed by atoms with Crippen LogP contribution in [0.15, 0.2) is 12.4 Å². The van der Waals surface area contributed by atoms with Crippen molar-refractivity contribution in [2.75, 3.05) is 44.0 Å². The van der Waals surface area contributed by atoms with Crippen molar-refractivity contribution in [3.8, 4) is 5.88 Å². The lowest BCUT2D eigenvalue weighted by Crippen LogP contribution is -2.35. The Kier molecular flexibility index (Phi) is 7.82. The first-order valence-corrected chi connectivity index (χ1v) is 10.6. The van der Waals surface area contributed by atoms with Crippen molar-refractivity contribution in [1.29, 1.82) is 0 Å². The zero-order valence-corrected chi connectivity index (χ0v) is 17.1. The molecule has 3 atom stereocenters. The minimum absolute atomic E-state index is 0.0987. The second-order valence-corrected chi connectivity index (χ2v) is 8.77. The maximum absolute atomic E-state index is 11.6. The van der Waals surface area contributed by atoms with E-state index >= 15 is 0 Å². The Balaban J connectivity index is 0.000000396. The molecule has 3 heterocycles. The summed E-state index contributed by atoms with van der Waals surface area (Å²) in [5.74, 6) is -0.831. The van der Waals surface area contributed by atoms with E-state index in [-0.39, 0.29) is 17.8 Å². The van der Waals surface area contributed by atoms with Crippen LogP contribution in [0, 0.1) is 11.8 Å². The topological polar surface area (TPSA) is 131 Å². The van der Waals surface area contributed by atoms with E-state index in [2.05, 4.69) is 19.6 Å². The number of hydrogen-bond acceptors (Lipinski definition) is 8. The van der Waals surface area contributed by atoms with Gasteiger partial charge in [0.15, 0.2) is 0 Å². The second-order valence-electron chi connectivity index (χ2n) is 6.67. The van der Waals surface area contributed by atoms with Gasteiger partial charge < -0.3 is 19.5 Å². The van der Waals surface area contributed by atoms with Crippen LogP contribution in [0.3, 0.4) is 0 Å². The van der Waals surface area contributed by atoms with E-state index < -0.39 is 22.2 Å². The molecule has 0 spiro atoms. The summed E-state index contributed by atoms with van der Waals surface area (Å²) in [6, 6.07) is 1.80. The SMILES string of the molecule is CCS(=O)(=O)NC[C@H]1CO[C@@H]2CN(c3cc(OC)ncn3)C[C@H]12.O=C(O)C(F)(F)F. The van der Waals surface area contributed by atoms with Crippen LogP contribution in [0.4, 0.5) is 19.0 Å². The lowest BCUT2D eigenvalue weighted by Gasteiger charge is -2.20. The number of alkyl halides is 3. The van der Waals surface area contributed by atoms with Crippen molar-refractivity contribution >= 4 is 21.8 Å². The highest BCUT2D eigenvalue weighted by molar-refractivity contribution is 7.89. The monoisotopic (exact) mass is 456 g/mol. The standard InChI is InChI=1S/C14H22N4O4S.C2HF3O2/c1-3-23(19,20)17-5-10-8-22-12-7-18(6-11(10)12)13-4-14(21-2)16-9-15-13;3-2(4,5)1(6)7/h4,9-12,17H,3,5-8H2,1-2H3;(H,6,7)/t10-,11+,12+;/m0./s1. The molecule has 2 aliphatic heterocycles. The number of nitrogens with one attached hydrogen (secondary N) is 1. The first-order chi connectivity index (χ1) is 14.0. The molecule has 0 radical (unpaired) electrons. The third-order valence-electron chi connectivity index (χ3n) is 4.79. The molecule has 0 unspecified atom stereocenters. The summed E-state index contributed by atoms with van der Waals surface area (Å²) in [4.78, 5) is 19.3. The van der Waals surface area contributed by atoms with Crippen LogP contribution in [0.2, 0.25) is 0 Å². The number of hydrogen-bond donors (Lipinski definition) is 2. The molecule has 1 aromatic heterocycles. The van der Waals surface area contributed by atoms with Gasteiger partial charge in [-0.1, -0.05) is 0 Å². The number of methoxy groups -OCH3 is 1. The highest BCUT2D eigenvalue weighted by atomic mass is 32.2. The lowest BCUT2D eigenvalue weighted by atomic mass is 9.93. The van der Waals surface area contributed by atoms with Gasteiger partial charge >= 0.3 is 12.1 Å². The minimum Gasteiger partial charge on any atom is -0.481 e. The summed E-state index contributed by atoms with van der Waals surface area (Å²) in [7, 11) is -1.59. The van der Waals surface area contributed by atoms with Crippen molar-refractivity contribution in [3.05, 3.63) is 12.4 Å². The van der Waals surface area contributed by atoms with Crippen LogP contribution >= 0.6 is 0 Å². The third kappa shape index (κ3) is 6.40. The van der Waals surface area contributed by atoms with Gasteiger partial charge in [-0.3, -0.25) is 0 Å². The molecule has 0 saturated carbocycles. The van der Waals surface area contributed by atoms with Crippen molar-refractivity contribution in [1.82, 2.24) is 14.7 Å².